The monoisotopic (exact) mass is 414 g/mol. The summed E-state index contributed by atoms with van der Waals surface area (Å²) in [5.74, 6) is 2.44. The van der Waals surface area contributed by atoms with Gasteiger partial charge in [-0.05, 0) is 71.7 Å². The van der Waals surface area contributed by atoms with Crippen molar-refractivity contribution in [3.8, 4) is 17.2 Å². The number of likely N-dealkylation sites (tertiary alicyclic amines) is 1. The minimum atomic E-state index is 0. The Morgan fingerprint density at radius 2 is 1.57 bits per heavy atom. The Bertz CT molecular complexity index is 577. The molecule has 28 heavy (non-hydrogen) atoms. The molecule has 1 aromatic rings. The highest BCUT2D eigenvalue weighted by Crippen LogP contribution is 2.39. The molecule has 0 aliphatic carbocycles. The van der Waals surface area contributed by atoms with E-state index in [2.05, 4.69) is 5.32 Å². The average molecular weight is 415 g/mol. The van der Waals surface area contributed by atoms with Gasteiger partial charge >= 0.3 is 0 Å². The van der Waals surface area contributed by atoms with Gasteiger partial charge in [-0.2, -0.15) is 0 Å². The van der Waals surface area contributed by atoms with Crippen LogP contribution in [0.15, 0.2) is 12.1 Å². The Morgan fingerprint density at radius 1 is 1.04 bits per heavy atom. The summed E-state index contributed by atoms with van der Waals surface area (Å²) in [7, 11) is 1.98. The van der Waals surface area contributed by atoms with Gasteiger partial charge in [0.1, 0.15) is 0 Å². The van der Waals surface area contributed by atoms with Crippen LogP contribution in [-0.2, 0) is 0 Å². The molecule has 0 bridgehead atoms. The summed E-state index contributed by atoms with van der Waals surface area (Å²) in [4.78, 5) is 15.0. The fourth-order valence-electron chi connectivity index (χ4n) is 3.47. The van der Waals surface area contributed by atoms with Crippen LogP contribution in [0.25, 0.3) is 0 Å². The van der Waals surface area contributed by atoms with Gasteiger partial charge in [0.25, 0.3) is 5.91 Å². The first-order chi connectivity index (χ1) is 13.1. The Labute approximate surface area is 175 Å². The molecule has 1 N–H and O–H groups in total. The van der Waals surface area contributed by atoms with Crippen molar-refractivity contribution in [1.82, 2.24) is 10.2 Å². The number of amides is 1. The van der Waals surface area contributed by atoms with Gasteiger partial charge in [-0.25, -0.2) is 0 Å². The molecule has 0 aromatic heterocycles. The lowest BCUT2D eigenvalue weighted by molar-refractivity contribution is 0.0686. The number of nitrogens with one attached hydrogen (secondary N) is 1. The van der Waals surface area contributed by atoms with Crippen LogP contribution in [0.3, 0.4) is 0 Å². The van der Waals surface area contributed by atoms with Crippen LogP contribution in [0.5, 0.6) is 17.2 Å². The summed E-state index contributed by atoms with van der Waals surface area (Å²) in [6.45, 7) is 9.90. The highest BCUT2D eigenvalue weighted by molar-refractivity contribution is 5.95. The molecule has 1 aromatic carbocycles. The molecule has 1 heterocycles. The van der Waals surface area contributed by atoms with Gasteiger partial charge in [-0.1, -0.05) is 0 Å². The van der Waals surface area contributed by atoms with Crippen LogP contribution in [-0.4, -0.2) is 57.3 Å². The molecule has 1 aliphatic heterocycles. The maximum atomic E-state index is 13.1. The van der Waals surface area contributed by atoms with E-state index in [0.717, 1.165) is 32.5 Å². The number of nitrogens with zero attached hydrogens (tertiary/aromatic N) is 1. The van der Waals surface area contributed by atoms with Gasteiger partial charge < -0.3 is 24.4 Å². The zero-order valence-corrected chi connectivity index (χ0v) is 18.4. The van der Waals surface area contributed by atoms with Crippen LogP contribution < -0.4 is 19.5 Å². The molecule has 0 spiro atoms. The van der Waals surface area contributed by atoms with Crippen LogP contribution in [0.4, 0.5) is 0 Å². The summed E-state index contributed by atoms with van der Waals surface area (Å²) in [6, 6.07) is 3.57. The van der Waals surface area contributed by atoms with Crippen molar-refractivity contribution < 1.29 is 19.0 Å². The molecule has 7 heteroatoms. The van der Waals surface area contributed by atoms with Crippen molar-refractivity contribution in [2.24, 2.45) is 5.92 Å². The molecule has 1 amide bonds. The lowest BCUT2D eigenvalue weighted by atomic mass is 9.93. The van der Waals surface area contributed by atoms with Crippen LogP contribution in [0, 0.1) is 5.92 Å². The Hall–Kier alpha value is -1.66. The summed E-state index contributed by atoms with van der Waals surface area (Å²) in [5.41, 5.74) is 0.596. The second kappa shape index (κ2) is 12.7. The second-order valence-electron chi connectivity index (χ2n) is 6.73. The number of benzene rings is 1. The Kier molecular flexibility index (Phi) is 11.1. The SMILES string of the molecule is CCOc1cc(C(=O)N2CCC(CCNC)CC2)cc(OCC)c1OCC.Cl. The number of carbonyl (C=O) groups is 1. The van der Waals surface area contributed by atoms with Crippen molar-refractivity contribution in [2.45, 2.75) is 40.0 Å². The zero-order chi connectivity index (χ0) is 19.6. The van der Waals surface area contributed by atoms with Crippen LogP contribution in [0.1, 0.15) is 50.4 Å². The molecular formula is C21H35ClN2O4. The van der Waals surface area contributed by atoms with Gasteiger partial charge in [0.2, 0.25) is 5.75 Å². The minimum absolute atomic E-state index is 0. The van der Waals surface area contributed by atoms with Crippen molar-refractivity contribution in [1.29, 1.82) is 0 Å². The first kappa shape index (κ1) is 24.4. The van der Waals surface area contributed by atoms with E-state index < -0.39 is 0 Å². The van der Waals surface area contributed by atoms with E-state index in [1.165, 1.54) is 6.42 Å². The standard InChI is InChI=1S/C21H34N2O4.ClH/c1-5-25-18-14-17(15-19(26-6-2)20(18)27-7-3)21(24)23-12-9-16(10-13-23)8-11-22-4;/h14-16,22H,5-13H2,1-4H3;1H. The molecule has 160 valence electrons. The minimum Gasteiger partial charge on any atom is -0.490 e. The van der Waals surface area contributed by atoms with E-state index >= 15 is 0 Å². The third-order valence-electron chi connectivity index (χ3n) is 4.86. The number of halogens is 1. The fourth-order valence-corrected chi connectivity index (χ4v) is 3.47. The summed E-state index contributed by atoms with van der Waals surface area (Å²) in [5, 5.41) is 3.21. The molecule has 2 rings (SSSR count). The lowest BCUT2D eigenvalue weighted by Crippen LogP contribution is -2.39. The van der Waals surface area contributed by atoms with Crippen molar-refractivity contribution in [3.05, 3.63) is 17.7 Å². The molecule has 0 radical (unpaired) electrons. The third-order valence-corrected chi connectivity index (χ3v) is 4.86. The van der Waals surface area contributed by atoms with E-state index in [1.54, 1.807) is 12.1 Å². The largest absolute Gasteiger partial charge is 0.490 e. The zero-order valence-electron chi connectivity index (χ0n) is 17.6. The first-order valence-electron chi connectivity index (χ1n) is 10.1. The van der Waals surface area contributed by atoms with E-state index in [-0.39, 0.29) is 18.3 Å². The van der Waals surface area contributed by atoms with Crippen molar-refractivity contribution >= 4 is 18.3 Å². The number of ether oxygens (including phenoxy) is 3. The van der Waals surface area contributed by atoms with Crippen molar-refractivity contribution in [3.63, 3.8) is 0 Å². The maximum Gasteiger partial charge on any atom is 0.254 e. The molecule has 1 aliphatic rings. The molecule has 0 atom stereocenters. The van der Waals surface area contributed by atoms with Gasteiger partial charge in [0.15, 0.2) is 11.5 Å². The first-order valence-corrected chi connectivity index (χ1v) is 10.1. The van der Waals surface area contributed by atoms with Gasteiger partial charge in [-0.15, -0.1) is 12.4 Å². The van der Waals surface area contributed by atoms with E-state index in [0.29, 0.717) is 48.6 Å². The number of rotatable bonds is 10. The quantitative estimate of drug-likeness (QED) is 0.631. The van der Waals surface area contributed by atoms with E-state index in [1.807, 2.05) is 32.7 Å². The fraction of sp³-hybridized carbons (Fsp3) is 0.667. The third kappa shape index (κ3) is 6.45. The molecule has 0 saturated carbocycles. The normalized spacial score (nSPS) is 14.4. The van der Waals surface area contributed by atoms with Gasteiger partial charge in [-0.3, -0.25) is 4.79 Å². The highest BCUT2D eigenvalue weighted by atomic mass is 35.5. The Morgan fingerprint density at radius 3 is 2.04 bits per heavy atom. The highest BCUT2D eigenvalue weighted by Gasteiger charge is 2.25. The predicted octanol–water partition coefficient (Wildman–Crippen LogP) is 3.77. The smallest absolute Gasteiger partial charge is 0.254 e. The lowest BCUT2D eigenvalue weighted by Gasteiger charge is -2.32. The molecule has 0 unspecified atom stereocenters. The van der Waals surface area contributed by atoms with Gasteiger partial charge in [0.05, 0.1) is 19.8 Å². The number of hydrogen-bond donors (Lipinski definition) is 1. The summed E-state index contributed by atoms with van der Waals surface area (Å²) >= 11 is 0. The number of carbonyl (C=O) groups excluding carboxylic acids is 1. The molecule has 1 saturated heterocycles. The van der Waals surface area contributed by atoms with Crippen LogP contribution >= 0.6 is 12.4 Å². The molecule has 6 nitrogen and oxygen atoms in total. The molecular weight excluding hydrogens is 380 g/mol. The van der Waals surface area contributed by atoms with Gasteiger partial charge in [0, 0.05) is 18.7 Å². The average Bonchev–Trinajstić information content (AvgIpc) is 2.69. The summed E-state index contributed by atoms with van der Waals surface area (Å²) < 4.78 is 17.2. The number of hydrogen-bond acceptors (Lipinski definition) is 5. The molecule has 1 fully saturated rings. The van der Waals surface area contributed by atoms with E-state index in [4.69, 9.17) is 14.2 Å². The predicted molar refractivity (Wildman–Crippen MR) is 114 cm³/mol. The topological polar surface area (TPSA) is 60.0 Å². The number of piperidine rings is 1. The Balaban J connectivity index is 0.00000392. The van der Waals surface area contributed by atoms with E-state index in [9.17, 15) is 4.79 Å². The van der Waals surface area contributed by atoms with Crippen molar-refractivity contribution in [2.75, 3.05) is 46.5 Å². The summed E-state index contributed by atoms with van der Waals surface area (Å²) in [6.07, 6.45) is 3.28. The van der Waals surface area contributed by atoms with Crippen LogP contribution in [0.2, 0.25) is 0 Å². The second-order valence-corrected chi connectivity index (χ2v) is 6.73. The maximum absolute atomic E-state index is 13.1.